The number of esters is 1. The van der Waals surface area contributed by atoms with Gasteiger partial charge in [-0.1, -0.05) is 6.58 Å². The molecule has 0 saturated carbocycles. The lowest BCUT2D eigenvalue weighted by molar-refractivity contribution is -0.384. The highest BCUT2D eigenvalue weighted by Crippen LogP contribution is 2.12. The maximum absolute atomic E-state index is 10.7. The summed E-state index contributed by atoms with van der Waals surface area (Å²) in [5.41, 5.74) is 0.699. The minimum atomic E-state index is -0.520. The molecular formula is C10H9NO4. The third-order valence-electron chi connectivity index (χ3n) is 1.69. The van der Waals surface area contributed by atoms with Gasteiger partial charge in [-0.15, -0.1) is 0 Å². The molecule has 0 aliphatic heterocycles. The molecule has 0 fully saturated rings. The predicted octanol–water partition coefficient (Wildman–Crippen LogP) is 1.82. The SMILES string of the molecule is C=[13CH][13C](=O)OCc1ccc([N+](=O)[O-])cc1. The van der Waals surface area contributed by atoms with Crippen LogP contribution in [0.1, 0.15) is 5.56 Å². The average Bonchev–Trinajstić information content (AvgIpc) is 2.26. The number of hydrogen-bond acceptors (Lipinski definition) is 4. The number of non-ortho nitro benzene ring substituents is 1. The molecule has 0 N–H and O–H groups in total. The Balaban J connectivity index is 2.60. The van der Waals surface area contributed by atoms with E-state index >= 15 is 0 Å². The minimum absolute atomic E-state index is 0.00815. The van der Waals surface area contributed by atoms with E-state index < -0.39 is 10.9 Å². The standard InChI is InChI=1S/C10H9NO4/c1-2-10(12)15-7-8-3-5-9(6-4-8)11(13)14/h2-6H,1,7H2/i2+1,10+1. The molecule has 1 aromatic carbocycles. The predicted molar refractivity (Wildman–Crippen MR) is 53.1 cm³/mol. The quantitative estimate of drug-likeness (QED) is 0.249. The van der Waals surface area contributed by atoms with Crippen molar-refractivity contribution >= 4 is 11.7 Å². The van der Waals surface area contributed by atoms with Crippen LogP contribution >= 0.6 is 0 Å². The molecule has 0 amide bonds. The third kappa shape index (κ3) is 3.22. The van der Waals surface area contributed by atoms with Gasteiger partial charge in [-0.2, -0.15) is 0 Å². The lowest BCUT2D eigenvalue weighted by Gasteiger charge is -2.01. The number of nitro benzene ring substituents is 1. The lowest BCUT2D eigenvalue weighted by atomic mass is 10.2. The van der Waals surface area contributed by atoms with E-state index in [2.05, 4.69) is 6.58 Å². The second-order valence-electron chi connectivity index (χ2n) is 2.74. The first-order valence-electron chi connectivity index (χ1n) is 4.16. The Labute approximate surface area is 86.1 Å². The molecule has 1 aromatic rings. The fraction of sp³-hybridized carbons (Fsp3) is 0.100. The number of hydrogen-bond donors (Lipinski definition) is 0. The molecule has 0 aliphatic rings. The zero-order valence-corrected chi connectivity index (χ0v) is 7.88. The number of nitrogens with zero attached hydrogens (tertiary/aromatic N) is 1. The first-order chi connectivity index (χ1) is 7.13. The Morgan fingerprint density at radius 3 is 2.53 bits per heavy atom. The smallest absolute Gasteiger partial charge is 0.330 e. The van der Waals surface area contributed by atoms with Gasteiger partial charge in [-0.25, -0.2) is 4.79 Å². The van der Waals surface area contributed by atoms with Gasteiger partial charge in [-0.05, 0) is 17.7 Å². The summed E-state index contributed by atoms with van der Waals surface area (Å²) >= 11 is 0. The molecule has 1 rings (SSSR count). The van der Waals surface area contributed by atoms with Gasteiger partial charge < -0.3 is 4.74 Å². The second-order valence-corrected chi connectivity index (χ2v) is 2.74. The van der Waals surface area contributed by atoms with Crippen molar-refractivity contribution in [1.82, 2.24) is 0 Å². The summed E-state index contributed by atoms with van der Waals surface area (Å²) in [6.45, 7) is 3.33. The van der Waals surface area contributed by atoms with Crippen LogP contribution in [0.3, 0.4) is 0 Å². The summed E-state index contributed by atoms with van der Waals surface area (Å²) in [5, 5.41) is 10.3. The molecule has 5 nitrogen and oxygen atoms in total. The van der Waals surface area contributed by atoms with Crippen LogP contribution in [0.2, 0.25) is 0 Å². The molecular weight excluding hydrogens is 200 g/mol. The number of rotatable bonds is 4. The van der Waals surface area contributed by atoms with Crippen molar-refractivity contribution in [2.75, 3.05) is 0 Å². The molecule has 5 heteroatoms. The summed E-state index contributed by atoms with van der Waals surface area (Å²) in [6.07, 6.45) is 1.06. The maximum Gasteiger partial charge on any atom is 0.330 e. The average molecular weight is 209 g/mol. The van der Waals surface area contributed by atoms with Crippen LogP contribution in [0, 0.1) is 10.1 Å². The van der Waals surface area contributed by atoms with Crippen LogP contribution in [-0.4, -0.2) is 10.9 Å². The summed E-state index contributed by atoms with van der Waals surface area (Å²) < 4.78 is 4.75. The van der Waals surface area contributed by atoms with E-state index in [-0.39, 0.29) is 12.3 Å². The van der Waals surface area contributed by atoms with Crippen LogP contribution in [0.4, 0.5) is 5.69 Å². The van der Waals surface area contributed by atoms with Gasteiger partial charge >= 0.3 is 5.97 Å². The first kappa shape index (κ1) is 10.9. The second kappa shape index (κ2) is 4.90. The van der Waals surface area contributed by atoms with Crippen molar-refractivity contribution in [3.8, 4) is 0 Å². The number of carbonyl (C=O) groups is 1. The van der Waals surface area contributed by atoms with Crippen molar-refractivity contribution in [2.45, 2.75) is 6.61 Å². The maximum atomic E-state index is 10.7. The molecule has 0 aliphatic carbocycles. The largest absolute Gasteiger partial charge is 0.458 e. The van der Waals surface area contributed by atoms with Crippen molar-refractivity contribution in [2.24, 2.45) is 0 Å². The minimum Gasteiger partial charge on any atom is -0.458 e. The fourth-order valence-electron chi connectivity index (χ4n) is 0.927. The summed E-state index contributed by atoms with van der Waals surface area (Å²) in [5.74, 6) is -0.520. The van der Waals surface area contributed by atoms with Gasteiger partial charge in [0.15, 0.2) is 0 Å². The lowest BCUT2D eigenvalue weighted by Crippen LogP contribution is -2.00. The summed E-state index contributed by atoms with van der Waals surface area (Å²) in [4.78, 5) is 20.6. The molecule has 0 spiro atoms. The highest BCUT2D eigenvalue weighted by atomic mass is 16.6. The monoisotopic (exact) mass is 209 g/mol. The van der Waals surface area contributed by atoms with Crippen molar-refractivity contribution in [1.29, 1.82) is 0 Å². The first-order valence-corrected chi connectivity index (χ1v) is 4.16. The van der Waals surface area contributed by atoms with E-state index in [0.717, 1.165) is 6.08 Å². The van der Waals surface area contributed by atoms with Crippen LogP contribution < -0.4 is 0 Å². The van der Waals surface area contributed by atoms with Gasteiger partial charge in [0.05, 0.1) is 4.92 Å². The number of benzene rings is 1. The normalized spacial score (nSPS) is 9.33. The van der Waals surface area contributed by atoms with E-state index in [9.17, 15) is 14.9 Å². The van der Waals surface area contributed by atoms with Gasteiger partial charge in [0.2, 0.25) is 0 Å². The highest BCUT2D eigenvalue weighted by Gasteiger charge is 2.04. The third-order valence-corrected chi connectivity index (χ3v) is 1.69. The summed E-state index contributed by atoms with van der Waals surface area (Å²) in [6, 6.07) is 5.79. The van der Waals surface area contributed by atoms with Gasteiger partial charge in [0.25, 0.3) is 5.69 Å². The van der Waals surface area contributed by atoms with Crippen LogP contribution in [0.25, 0.3) is 0 Å². The van der Waals surface area contributed by atoms with Crippen LogP contribution in [0.15, 0.2) is 36.9 Å². The molecule has 0 bridgehead atoms. The molecule has 0 heterocycles. The molecule has 78 valence electrons. The Bertz CT molecular complexity index is 383. The van der Waals surface area contributed by atoms with Gasteiger partial charge in [0.1, 0.15) is 6.61 Å². The van der Waals surface area contributed by atoms with Crippen LogP contribution in [-0.2, 0) is 16.1 Å². The molecule has 0 aromatic heterocycles. The molecule has 0 saturated heterocycles. The van der Waals surface area contributed by atoms with Gasteiger partial charge in [-0.3, -0.25) is 10.1 Å². The zero-order chi connectivity index (χ0) is 11.3. The molecule has 0 radical (unpaired) electrons. The topological polar surface area (TPSA) is 69.4 Å². The van der Waals surface area contributed by atoms with E-state index in [1.54, 1.807) is 0 Å². The van der Waals surface area contributed by atoms with Crippen molar-refractivity contribution in [3.05, 3.63) is 52.6 Å². The Kier molecular flexibility index (Phi) is 3.56. The Hall–Kier alpha value is -2.17. The van der Waals surface area contributed by atoms with E-state index in [0.29, 0.717) is 5.56 Å². The Morgan fingerprint density at radius 1 is 1.47 bits per heavy atom. The van der Waals surface area contributed by atoms with E-state index in [1.165, 1.54) is 24.3 Å². The van der Waals surface area contributed by atoms with E-state index in [4.69, 9.17) is 4.74 Å². The van der Waals surface area contributed by atoms with Gasteiger partial charge in [0, 0.05) is 18.2 Å². The molecule has 0 unspecified atom stereocenters. The fourth-order valence-corrected chi connectivity index (χ4v) is 0.927. The number of carbonyl (C=O) groups excluding carboxylic acids is 1. The van der Waals surface area contributed by atoms with Crippen molar-refractivity contribution < 1.29 is 14.5 Å². The Morgan fingerprint density at radius 2 is 2.07 bits per heavy atom. The van der Waals surface area contributed by atoms with Crippen LogP contribution in [0.5, 0.6) is 0 Å². The zero-order valence-electron chi connectivity index (χ0n) is 7.88. The highest BCUT2D eigenvalue weighted by molar-refractivity contribution is 5.81. The number of ether oxygens (including phenoxy) is 1. The summed E-state index contributed by atoms with van der Waals surface area (Å²) in [7, 11) is 0. The van der Waals surface area contributed by atoms with E-state index in [1.807, 2.05) is 0 Å². The number of nitro groups is 1. The molecule has 0 atom stereocenters. The molecule has 15 heavy (non-hydrogen) atoms. The van der Waals surface area contributed by atoms with Crippen molar-refractivity contribution in [3.63, 3.8) is 0 Å².